The third kappa shape index (κ3) is 2.69. The van der Waals surface area contributed by atoms with E-state index in [4.69, 9.17) is 5.11 Å². The number of aryl methyl sites for hydroxylation is 1. The molecule has 1 fully saturated rings. The number of carboxylic acid groups (broad SMARTS) is 1. The lowest BCUT2D eigenvalue weighted by atomic mass is 10.0. The average molecular weight is 251 g/mol. The topological polar surface area (TPSA) is 75.4 Å². The Morgan fingerprint density at radius 1 is 1.50 bits per heavy atom. The number of hydrogen-bond acceptors (Lipinski definition) is 3. The number of aromatic nitrogens is 2. The normalized spacial score (nSPS) is 19.8. The highest BCUT2D eigenvalue weighted by Crippen LogP contribution is 2.18. The fraction of sp³-hybridized carbons (Fsp3) is 0.583. The van der Waals surface area contributed by atoms with Crippen molar-refractivity contribution in [3.8, 4) is 0 Å². The maximum atomic E-state index is 12.1. The van der Waals surface area contributed by atoms with Crippen LogP contribution in [-0.2, 0) is 23.1 Å². The molecule has 1 aliphatic heterocycles. The van der Waals surface area contributed by atoms with Crippen molar-refractivity contribution < 1.29 is 14.7 Å². The summed E-state index contributed by atoms with van der Waals surface area (Å²) in [6.07, 6.45) is 5.93. The summed E-state index contributed by atoms with van der Waals surface area (Å²) in [6, 6.07) is -0.664. The Bertz CT molecular complexity index is 455. The first-order valence-electron chi connectivity index (χ1n) is 6.07. The first-order chi connectivity index (χ1) is 8.58. The largest absolute Gasteiger partial charge is 0.480 e. The van der Waals surface area contributed by atoms with Gasteiger partial charge in [-0.1, -0.05) is 0 Å². The van der Waals surface area contributed by atoms with E-state index in [0.717, 1.165) is 18.4 Å². The van der Waals surface area contributed by atoms with Gasteiger partial charge in [0.2, 0.25) is 5.91 Å². The van der Waals surface area contributed by atoms with Gasteiger partial charge < -0.3 is 10.0 Å². The van der Waals surface area contributed by atoms with Crippen LogP contribution in [0.2, 0.25) is 0 Å². The summed E-state index contributed by atoms with van der Waals surface area (Å²) < 4.78 is 1.63. The van der Waals surface area contributed by atoms with Gasteiger partial charge in [0.05, 0.1) is 12.6 Å². The van der Waals surface area contributed by atoms with E-state index in [1.54, 1.807) is 24.1 Å². The van der Waals surface area contributed by atoms with Gasteiger partial charge in [-0.3, -0.25) is 9.48 Å². The highest BCUT2D eigenvalue weighted by molar-refractivity contribution is 5.85. The molecule has 0 radical (unpaired) electrons. The van der Waals surface area contributed by atoms with Crippen molar-refractivity contribution in [1.29, 1.82) is 0 Å². The molecule has 1 aliphatic rings. The van der Waals surface area contributed by atoms with Gasteiger partial charge in [-0.25, -0.2) is 4.79 Å². The summed E-state index contributed by atoms with van der Waals surface area (Å²) in [5.74, 6) is -1.04. The first kappa shape index (κ1) is 12.6. The second-order valence-electron chi connectivity index (χ2n) is 4.64. The number of carboxylic acids is 1. The maximum absolute atomic E-state index is 12.1. The quantitative estimate of drug-likeness (QED) is 0.845. The number of piperidine rings is 1. The molecule has 1 atom stereocenters. The molecule has 1 aromatic heterocycles. The van der Waals surface area contributed by atoms with Crippen molar-refractivity contribution in [2.45, 2.75) is 31.7 Å². The van der Waals surface area contributed by atoms with Crippen LogP contribution in [0.1, 0.15) is 24.8 Å². The van der Waals surface area contributed by atoms with E-state index in [2.05, 4.69) is 5.10 Å². The molecule has 98 valence electrons. The zero-order valence-corrected chi connectivity index (χ0v) is 10.4. The number of likely N-dealkylation sites (tertiary alicyclic amines) is 1. The van der Waals surface area contributed by atoms with Crippen LogP contribution >= 0.6 is 0 Å². The number of rotatable bonds is 3. The summed E-state index contributed by atoms with van der Waals surface area (Å²) in [4.78, 5) is 24.7. The van der Waals surface area contributed by atoms with Gasteiger partial charge in [-0.05, 0) is 24.8 Å². The van der Waals surface area contributed by atoms with Crippen LogP contribution < -0.4 is 0 Å². The molecule has 1 N–H and O–H groups in total. The third-order valence-electron chi connectivity index (χ3n) is 3.22. The summed E-state index contributed by atoms with van der Waals surface area (Å²) in [6.45, 7) is 0.538. The van der Waals surface area contributed by atoms with Gasteiger partial charge >= 0.3 is 5.97 Å². The minimum absolute atomic E-state index is 0.130. The fourth-order valence-corrected chi connectivity index (χ4v) is 2.33. The van der Waals surface area contributed by atoms with Gasteiger partial charge in [0.15, 0.2) is 0 Å². The van der Waals surface area contributed by atoms with E-state index >= 15 is 0 Å². The van der Waals surface area contributed by atoms with E-state index in [1.807, 2.05) is 0 Å². The van der Waals surface area contributed by atoms with Gasteiger partial charge in [0.1, 0.15) is 6.04 Å². The van der Waals surface area contributed by atoms with E-state index in [0.29, 0.717) is 13.0 Å². The van der Waals surface area contributed by atoms with E-state index in [9.17, 15) is 9.59 Å². The van der Waals surface area contributed by atoms with Gasteiger partial charge in [0.25, 0.3) is 0 Å². The van der Waals surface area contributed by atoms with Crippen LogP contribution in [0, 0.1) is 0 Å². The Morgan fingerprint density at radius 3 is 2.89 bits per heavy atom. The maximum Gasteiger partial charge on any atom is 0.326 e. The van der Waals surface area contributed by atoms with E-state index in [-0.39, 0.29) is 12.3 Å². The second-order valence-corrected chi connectivity index (χ2v) is 4.64. The molecule has 1 amide bonds. The van der Waals surface area contributed by atoms with Crippen molar-refractivity contribution in [1.82, 2.24) is 14.7 Å². The molecular formula is C12H17N3O3. The van der Waals surface area contributed by atoms with Crippen molar-refractivity contribution in [3.63, 3.8) is 0 Å². The predicted molar refractivity (Wildman–Crippen MR) is 63.9 cm³/mol. The van der Waals surface area contributed by atoms with Crippen molar-refractivity contribution in [3.05, 3.63) is 18.0 Å². The lowest BCUT2D eigenvalue weighted by Crippen LogP contribution is -2.48. The molecule has 0 bridgehead atoms. The summed E-state index contributed by atoms with van der Waals surface area (Å²) in [5, 5.41) is 13.1. The Labute approximate surface area is 105 Å². The number of amides is 1. The minimum atomic E-state index is -0.908. The van der Waals surface area contributed by atoms with E-state index in [1.165, 1.54) is 4.90 Å². The summed E-state index contributed by atoms with van der Waals surface area (Å²) in [5.41, 5.74) is 0.817. The highest BCUT2D eigenvalue weighted by Gasteiger charge is 2.31. The smallest absolute Gasteiger partial charge is 0.326 e. The molecule has 1 aromatic rings. The molecule has 1 saturated heterocycles. The molecule has 6 nitrogen and oxygen atoms in total. The highest BCUT2D eigenvalue weighted by atomic mass is 16.4. The van der Waals surface area contributed by atoms with Crippen LogP contribution in [0.5, 0.6) is 0 Å². The molecule has 18 heavy (non-hydrogen) atoms. The van der Waals surface area contributed by atoms with Crippen molar-refractivity contribution in [2.75, 3.05) is 6.54 Å². The molecule has 0 spiro atoms. The predicted octanol–water partition coefficient (Wildman–Crippen LogP) is 0.428. The number of carbonyl (C=O) groups excluding carboxylic acids is 1. The van der Waals surface area contributed by atoms with Crippen molar-refractivity contribution in [2.24, 2.45) is 7.05 Å². The average Bonchev–Trinajstić information content (AvgIpc) is 2.74. The molecule has 0 saturated carbocycles. The van der Waals surface area contributed by atoms with Crippen LogP contribution in [-0.4, -0.2) is 44.3 Å². The van der Waals surface area contributed by atoms with Crippen LogP contribution in [0.15, 0.2) is 12.4 Å². The summed E-state index contributed by atoms with van der Waals surface area (Å²) in [7, 11) is 1.79. The number of hydrogen-bond donors (Lipinski definition) is 1. The van der Waals surface area contributed by atoms with Gasteiger partial charge in [-0.2, -0.15) is 5.10 Å². The number of carbonyl (C=O) groups is 2. The zero-order valence-electron chi connectivity index (χ0n) is 10.4. The molecule has 2 rings (SSSR count). The monoisotopic (exact) mass is 251 g/mol. The number of nitrogens with zero attached hydrogens (tertiary/aromatic N) is 3. The molecule has 2 heterocycles. The minimum Gasteiger partial charge on any atom is -0.480 e. The lowest BCUT2D eigenvalue weighted by Gasteiger charge is -2.32. The first-order valence-corrected chi connectivity index (χ1v) is 6.07. The molecular weight excluding hydrogens is 234 g/mol. The number of aliphatic carboxylic acids is 1. The molecule has 0 aromatic carbocycles. The zero-order chi connectivity index (χ0) is 13.1. The van der Waals surface area contributed by atoms with Gasteiger partial charge in [0, 0.05) is 19.8 Å². The molecule has 6 heteroatoms. The second kappa shape index (κ2) is 5.20. The van der Waals surface area contributed by atoms with Crippen LogP contribution in [0.25, 0.3) is 0 Å². The Hall–Kier alpha value is -1.85. The molecule has 0 aliphatic carbocycles. The van der Waals surface area contributed by atoms with E-state index < -0.39 is 12.0 Å². The standard InChI is InChI=1S/C12H17N3O3/c1-14-8-9(7-13-14)6-11(16)15-5-3-2-4-10(15)12(17)18/h7-8,10H,2-6H2,1H3,(H,17,18). The van der Waals surface area contributed by atoms with Crippen molar-refractivity contribution >= 4 is 11.9 Å². The van der Waals surface area contributed by atoms with Crippen LogP contribution in [0.3, 0.4) is 0 Å². The Morgan fingerprint density at radius 2 is 2.28 bits per heavy atom. The summed E-state index contributed by atoms with van der Waals surface area (Å²) >= 11 is 0. The van der Waals surface area contributed by atoms with Crippen LogP contribution in [0.4, 0.5) is 0 Å². The Kier molecular flexibility index (Phi) is 3.64. The lowest BCUT2D eigenvalue weighted by molar-refractivity contribution is -0.151. The third-order valence-corrected chi connectivity index (χ3v) is 3.22. The van der Waals surface area contributed by atoms with Gasteiger partial charge in [-0.15, -0.1) is 0 Å². The molecule has 1 unspecified atom stereocenters. The Balaban J connectivity index is 2.04. The fourth-order valence-electron chi connectivity index (χ4n) is 2.33. The SMILES string of the molecule is Cn1cc(CC(=O)N2CCCCC2C(=O)O)cn1.